The fourth-order valence-corrected chi connectivity index (χ4v) is 2.56. The number of rotatable bonds is 5. The Hall–Kier alpha value is -0.830. The van der Waals surface area contributed by atoms with Gasteiger partial charge in [-0.1, -0.05) is 26.8 Å². The number of hydrogen-bond acceptors (Lipinski definition) is 3. The third kappa shape index (κ3) is 3.84. The van der Waals surface area contributed by atoms with Crippen LogP contribution in [0.5, 0.6) is 0 Å². The van der Waals surface area contributed by atoms with E-state index >= 15 is 0 Å². The van der Waals surface area contributed by atoms with Crippen molar-refractivity contribution in [3.8, 4) is 0 Å². The Bertz CT molecular complexity index is 271. The molecule has 98 valence electrons. The number of nitrogens with zero attached hydrogens (tertiary/aromatic N) is 1. The largest absolute Gasteiger partial charge is 0.457 e. The lowest BCUT2D eigenvalue weighted by atomic mass is 9.91. The number of hydrogen-bond donors (Lipinski definition) is 0. The second kappa shape index (κ2) is 6.80. The van der Waals surface area contributed by atoms with Crippen molar-refractivity contribution in [2.75, 3.05) is 13.1 Å². The third-order valence-electron chi connectivity index (χ3n) is 3.56. The number of ether oxygens (including phenoxy) is 1. The molecule has 1 fully saturated rings. The maximum atomic E-state index is 11.6. The summed E-state index contributed by atoms with van der Waals surface area (Å²) in [6.07, 6.45) is 4.57. The zero-order chi connectivity index (χ0) is 12.8. The van der Waals surface area contributed by atoms with Gasteiger partial charge in [-0.25, -0.2) is 4.79 Å². The van der Waals surface area contributed by atoms with Crippen LogP contribution in [0.4, 0.5) is 0 Å². The second-order valence-corrected chi connectivity index (χ2v) is 4.80. The molecule has 3 nitrogen and oxygen atoms in total. The Kier molecular flexibility index (Phi) is 5.69. The topological polar surface area (TPSA) is 29.5 Å². The maximum Gasteiger partial charge on any atom is 0.333 e. The summed E-state index contributed by atoms with van der Waals surface area (Å²) >= 11 is 0. The van der Waals surface area contributed by atoms with Crippen LogP contribution in [0.1, 0.15) is 46.5 Å². The van der Waals surface area contributed by atoms with E-state index in [0.29, 0.717) is 11.6 Å². The number of likely N-dealkylation sites (N-methyl/N-ethyl adjacent to an activating group) is 1. The first-order valence-corrected chi connectivity index (χ1v) is 6.70. The lowest BCUT2D eigenvalue weighted by Gasteiger charge is -2.38. The number of esters is 1. The van der Waals surface area contributed by atoms with Crippen LogP contribution in [-0.4, -0.2) is 36.1 Å². The van der Waals surface area contributed by atoms with Crippen LogP contribution >= 0.6 is 0 Å². The van der Waals surface area contributed by atoms with Crippen molar-refractivity contribution < 1.29 is 9.53 Å². The first kappa shape index (κ1) is 14.2. The number of carbonyl (C=O) groups is 1. The zero-order valence-corrected chi connectivity index (χ0v) is 11.4. The maximum absolute atomic E-state index is 11.6. The van der Waals surface area contributed by atoms with Gasteiger partial charge >= 0.3 is 5.97 Å². The Labute approximate surface area is 105 Å². The average Bonchev–Trinajstić information content (AvgIpc) is 2.32. The van der Waals surface area contributed by atoms with E-state index in [9.17, 15) is 4.79 Å². The summed E-state index contributed by atoms with van der Waals surface area (Å²) in [5.74, 6) is -0.242. The summed E-state index contributed by atoms with van der Waals surface area (Å²) in [7, 11) is 0. The molecule has 0 radical (unpaired) electrons. The third-order valence-corrected chi connectivity index (χ3v) is 3.56. The zero-order valence-electron chi connectivity index (χ0n) is 11.4. The van der Waals surface area contributed by atoms with Crippen LogP contribution in [0.15, 0.2) is 12.2 Å². The second-order valence-electron chi connectivity index (χ2n) is 4.80. The molecule has 0 amide bonds. The van der Waals surface area contributed by atoms with E-state index in [1.807, 2.05) is 0 Å². The van der Waals surface area contributed by atoms with Crippen molar-refractivity contribution >= 4 is 5.97 Å². The Morgan fingerprint density at radius 3 is 2.41 bits per heavy atom. The molecule has 3 heteroatoms. The van der Waals surface area contributed by atoms with Crippen molar-refractivity contribution in [2.24, 2.45) is 0 Å². The molecule has 2 unspecified atom stereocenters. The molecule has 0 spiro atoms. The predicted molar refractivity (Wildman–Crippen MR) is 69.9 cm³/mol. The van der Waals surface area contributed by atoms with E-state index in [0.717, 1.165) is 32.4 Å². The molecular formula is C14H25NO2. The molecule has 17 heavy (non-hydrogen) atoms. The normalized spacial score (nSPS) is 24.7. The molecule has 0 heterocycles. The average molecular weight is 239 g/mol. The Balaban J connectivity index is 2.65. The standard InChI is InChI=1S/C14H25NO2/c1-5-15(6-2)12-9-7-8-10-13(12)17-14(16)11(3)4/h12-13H,3,5-10H2,1-2,4H3. The Morgan fingerprint density at radius 2 is 1.88 bits per heavy atom. The lowest BCUT2D eigenvalue weighted by molar-refractivity contribution is -0.149. The van der Waals surface area contributed by atoms with Gasteiger partial charge < -0.3 is 4.74 Å². The highest BCUT2D eigenvalue weighted by Gasteiger charge is 2.31. The smallest absolute Gasteiger partial charge is 0.333 e. The highest BCUT2D eigenvalue weighted by molar-refractivity contribution is 5.87. The summed E-state index contributed by atoms with van der Waals surface area (Å²) in [5, 5.41) is 0. The number of carbonyl (C=O) groups excluding carboxylic acids is 1. The summed E-state index contributed by atoms with van der Waals surface area (Å²) in [4.78, 5) is 14.0. The Morgan fingerprint density at radius 1 is 1.29 bits per heavy atom. The van der Waals surface area contributed by atoms with Gasteiger partial charge in [-0.05, 0) is 39.3 Å². The molecule has 2 atom stereocenters. The van der Waals surface area contributed by atoms with Gasteiger partial charge in [0.2, 0.25) is 0 Å². The lowest BCUT2D eigenvalue weighted by Crippen LogP contribution is -2.47. The van der Waals surface area contributed by atoms with Gasteiger partial charge in [0.1, 0.15) is 6.10 Å². The molecule has 0 bridgehead atoms. The SMILES string of the molecule is C=C(C)C(=O)OC1CCCCC1N(CC)CC. The summed E-state index contributed by atoms with van der Waals surface area (Å²) in [6, 6.07) is 0.391. The van der Waals surface area contributed by atoms with Crippen LogP contribution in [-0.2, 0) is 9.53 Å². The molecule has 1 saturated carbocycles. The first-order valence-electron chi connectivity index (χ1n) is 6.70. The van der Waals surface area contributed by atoms with E-state index in [1.54, 1.807) is 6.92 Å². The van der Waals surface area contributed by atoms with Crippen LogP contribution in [0.25, 0.3) is 0 Å². The highest BCUT2D eigenvalue weighted by atomic mass is 16.5. The molecule has 0 N–H and O–H groups in total. The molecule has 0 aromatic heterocycles. The molecule has 0 aromatic rings. The molecule has 0 aliphatic heterocycles. The molecular weight excluding hydrogens is 214 g/mol. The minimum Gasteiger partial charge on any atom is -0.457 e. The fourth-order valence-electron chi connectivity index (χ4n) is 2.56. The van der Waals surface area contributed by atoms with E-state index in [4.69, 9.17) is 4.74 Å². The molecule has 1 aliphatic rings. The van der Waals surface area contributed by atoms with Gasteiger partial charge in [-0.15, -0.1) is 0 Å². The quantitative estimate of drug-likeness (QED) is 0.546. The van der Waals surface area contributed by atoms with Crippen molar-refractivity contribution in [1.82, 2.24) is 4.90 Å². The summed E-state index contributed by atoms with van der Waals surface area (Å²) < 4.78 is 5.57. The molecule has 0 saturated heterocycles. The van der Waals surface area contributed by atoms with E-state index in [-0.39, 0.29) is 12.1 Å². The molecule has 1 rings (SSSR count). The van der Waals surface area contributed by atoms with E-state index in [1.165, 1.54) is 6.42 Å². The van der Waals surface area contributed by atoms with Gasteiger partial charge in [0.15, 0.2) is 0 Å². The molecule has 0 aromatic carbocycles. The highest BCUT2D eigenvalue weighted by Crippen LogP contribution is 2.26. The van der Waals surface area contributed by atoms with Gasteiger partial charge in [0.25, 0.3) is 0 Å². The van der Waals surface area contributed by atoms with Crippen molar-refractivity contribution in [3.05, 3.63) is 12.2 Å². The van der Waals surface area contributed by atoms with Crippen molar-refractivity contribution in [1.29, 1.82) is 0 Å². The van der Waals surface area contributed by atoms with Gasteiger partial charge in [0.05, 0.1) is 0 Å². The monoisotopic (exact) mass is 239 g/mol. The summed E-state index contributed by atoms with van der Waals surface area (Å²) in [5.41, 5.74) is 0.494. The van der Waals surface area contributed by atoms with Crippen molar-refractivity contribution in [2.45, 2.75) is 58.6 Å². The summed E-state index contributed by atoms with van der Waals surface area (Å²) in [6.45, 7) is 11.7. The van der Waals surface area contributed by atoms with Crippen molar-refractivity contribution in [3.63, 3.8) is 0 Å². The predicted octanol–water partition coefficient (Wildman–Crippen LogP) is 2.76. The van der Waals surface area contributed by atoms with E-state index in [2.05, 4.69) is 25.3 Å². The minimum atomic E-state index is -0.242. The van der Waals surface area contributed by atoms with Gasteiger partial charge in [0, 0.05) is 11.6 Å². The van der Waals surface area contributed by atoms with Crippen LogP contribution in [0.3, 0.4) is 0 Å². The van der Waals surface area contributed by atoms with Gasteiger partial charge in [-0.3, -0.25) is 4.90 Å². The van der Waals surface area contributed by atoms with E-state index < -0.39 is 0 Å². The fraction of sp³-hybridized carbons (Fsp3) is 0.786. The molecule has 1 aliphatic carbocycles. The van der Waals surface area contributed by atoms with Crippen LogP contribution < -0.4 is 0 Å². The first-order chi connectivity index (χ1) is 8.10. The van der Waals surface area contributed by atoms with Crippen LogP contribution in [0.2, 0.25) is 0 Å². The van der Waals surface area contributed by atoms with Gasteiger partial charge in [-0.2, -0.15) is 0 Å². The minimum absolute atomic E-state index is 0.0489. The van der Waals surface area contributed by atoms with Crippen LogP contribution in [0, 0.1) is 0 Å².